The number of carboxylic acid groups (broad SMARTS) is 1. The number of carboxylic acids is 1. The molecule has 0 unspecified atom stereocenters. The second-order valence-electron chi connectivity index (χ2n) is 9.50. The number of hydrogen-bond donors (Lipinski definition) is 3. The number of Topliss-reactive ketones (excluding diaryl/α,β-unsaturated/α-hetero) is 1. The lowest BCUT2D eigenvalue weighted by Crippen LogP contribution is -2.44. The number of amides is 1. The molecule has 2 aliphatic rings. The third kappa shape index (κ3) is 8.18. The molecule has 4 rings (SSSR count). The number of thiocarbonyl (C=S) groups is 1. The van der Waals surface area contributed by atoms with Crippen LogP contribution in [0.2, 0.25) is 0 Å². The zero-order chi connectivity index (χ0) is 30.2. The van der Waals surface area contributed by atoms with Gasteiger partial charge < -0.3 is 19.7 Å². The van der Waals surface area contributed by atoms with Gasteiger partial charge in [-0.05, 0) is 41.5 Å². The summed E-state index contributed by atoms with van der Waals surface area (Å²) in [6.07, 6.45) is 1.16. The van der Waals surface area contributed by atoms with Crippen LogP contribution in [0.15, 0.2) is 41.3 Å². The molecule has 2 aromatic carbocycles. The fraction of sp³-hybridized carbons (Fsp3) is 0.357. The van der Waals surface area contributed by atoms with Crippen molar-refractivity contribution in [3.63, 3.8) is 0 Å². The first-order chi connectivity index (χ1) is 20.2. The van der Waals surface area contributed by atoms with Gasteiger partial charge in [-0.3, -0.25) is 19.3 Å². The van der Waals surface area contributed by atoms with E-state index in [0.29, 0.717) is 48.8 Å². The minimum Gasteiger partial charge on any atom is -0.492 e. The number of morpholine rings is 1. The molecule has 42 heavy (non-hydrogen) atoms. The van der Waals surface area contributed by atoms with Crippen LogP contribution in [-0.2, 0) is 19.1 Å². The van der Waals surface area contributed by atoms with E-state index in [2.05, 4.69) is 10.3 Å². The first kappa shape index (κ1) is 31.7. The van der Waals surface area contributed by atoms with Gasteiger partial charge in [-0.25, -0.2) is 19.2 Å². The lowest BCUT2D eigenvalue weighted by atomic mass is 10.0. The number of carbonyl (C=O) groups excluding carboxylic acids is 2. The van der Waals surface area contributed by atoms with E-state index in [-0.39, 0.29) is 15.8 Å². The van der Waals surface area contributed by atoms with E-state index in [4.69, 9.17) is 31.9 Å². The summed E-state index contributed by atoms with van der Waals surface area (Å²) in [5, 5.41) is 19.2. The van der Waals surface area contributed by atoms with E-state index in [1.165, 1.54) is 6.07 Å². The third-order valence-electron chi connectivity index (χ3n) is 6.59. The Labute approximate surface area is 250 Å². The number of aliphatic carboxylic acids is 1. The average Bonchev–Trinajstić information content (AvgIpc) is 3.24. The number of nitrogens with one attached hydrogen (secondary N) is 1. The first-order valence-electron chi connectivity index (χ1n) is 13.1. The van der Waals surface area contributed by atoms with Gasteiger partial charge in [0.25, 0.3) is 5.91 Å². The molecule has 10 nitrogen and oxygen atoms in total. The Morgan fingerprint density at radius 1 is 1.14 bits per heavy atom. The van der Waals surface area contributed by atoms with Crippen LogP contribution in [0.5, 0.6) is 5.75 Å². The number of ether oxygens (including phenoxy) is 2. The third-order valence-corrected chi connectivity index (χ3v) is 7.89. The van der Waals surface area contributed by atoms with E-state index in [1.54, 1.807) is 24.3 Å². The molecule has 2 saturated heterocycles. The zero-order valence-electron chi connectivity index (χ0n) is 22.4. The average molecular weight is 622 g/mol. The Kier molecular flexibility index (Phi) is 11.1. The molecule has 14 heteroatoms. The van der Waals surface area contributed by atoms with Crippen molar-refractivity contribution in [3.05, 3.63) is 58.5 Å². The van der Waals surface area contributed by atoms with Gasteiger partial charge >= 0.3 is 5.97 Å². The van der Waals surface area contributed by atoms with Crippen molar-refractivity contribution >= 4 is 52.0 Å². The summed E-state index contributed by atoms with van der Waals surface area (Å²) in [6, 6.07) is 8.67. The van der Waals surface area contributed by atoms with Gasteiger partial charge in [0.2, 0.25) is 0 Å². The number of ketones is 1. The molecule has 0 aliphatic carbocycles. The Bertz CT molecular complexity index is 1390. The standard InChI is InChI=1S/C28H29F2N3O7S2/c29-22-3-1-18(13-23(22)30)17-2-4-24(40-10-7-32-5-8-39-9-6-32)19(11-17)14-25-26(36)33(28(41)42-25)31-15-21(35)12-20(16-34)27(37)38/h1-4,11,13-14,20,31,34H,5-10,12,15-16H2,(H,37,38)/t20-/m0/s1. The molecule has 1 atom stereocenters. The van der Waals surface area contributed by atoms with Crippen molar-refractivity contribution in [1.82, 2.24) is 15.3 Å². The molecule has 0 spiro atoms. The maximum absolute atomic E-state index is 13.9. The van der Waals surface area contributed by atoms with Gasteiger partial charge in [0.15, 0.2) is 16.0 Å². The minimum atomic E-state index is -1.30. The molecule has 2 fully saturated rings. The van der Waals surface area contributed by atoms with Crippen molar-refractivity contribution in [2.24, 2.45) is 5.92 Å². The molecule has 2 aliphatic heterocycles. The fourth-order valence-electron chi connectivity index (χ4n) is 4.25. The minimum absolute atomic E-state index is 0.127. The van der Waals surface area contributed by atoms with E-state index < -0.39 is 48.2 Å². The number of thioether (sulfide) groups is 1. The Balaban J connectivity index is 1.52. The number of aliphatic hydroxyl groups is 1. The second-order valence-corrected chi connectivity index (χ2v) is 11.2. The van der Waals surface area contributed by atoms with Crippen molar-refractivity contribution in [1.29, 1.82) is 0 Å². The van der Waals surface area contributed by atoms with Crippen LogP contribution in [0, 0.1) is 17.6 Å². The number of nitrogens with zero attached hydrogens (tertiary/aromatic N) is 2. The highest BCUT2D eigenvalue weighted by Gasteiger charge is 2.33. The topological polar surface area (TPSA) is 129 Å². The van der Waals surface area contributed by atoms with E-state index in [1.807, 2.05) is 0 Å². The van der Waals surface area contributed by atoms with E-state index >= 15 is 0 Å². The van der Waals surface area contributed by atoms with Crippen molar-refractivity contribution in [2.75, 3.05) is 52.6 Å². The fourth-order valence-corrected chi connectivity index (χ4v) is 5.46. The van der Waals surface area contributed by atoms with Crippen LogP contribution in [-0.4, -0.2) is 94.7 Å². The van der Waals surface area contributed by atoms with Crippen LogP contribution < -0.4 is 10.2 Å². The highest BCUT2D eigenvalue weighted by atomic mass is 32.2. The van der Waals surface area contributed by atoms with Gasteiger partial charge in [0.05, 0.1) is 37.2 Å². The molecule has 1 amide bonds. The van der Waals surface area contributed by atoms with Crippen LogP contribution in [0.3, 0.4) is 0 Å². The molecule has 224 valence electrons. The number of carbonyl (C=O) groups is 3. The van der Waals surface area contributed by atoms with Crippen LogP contribution in [0.25, 0.3) is 17.2 Å². The zero-order valence-corrected chi connectivity index (χ0v) is 24.0. The highest BCUT2D eigenvalue weighted by molar-refractivity contribution is 8.26. The summed E-state index contributed by atoms with van der Waals surface area (Å²) in [6.45, 7) is 2.85. The van der Waals surface area contributed by atoms with E-state index in [0.717, 1.165) is 42.0 Å². The summed E-state index contributed by atoms with van der Waals surface area (Å²) >= 11 is 6.30. The smallest absolute Gasteiger partial charge is 0.309 e. The van der Waals surface area contributed by atoms with Gasteiger partial charge in [0, 0.05) is 31.6 Å². The number of benzene rings is 2. The Hall–Kier alpha value is -3.27. The summed E-state index contributed by atoms with van der Waals surface area (Å²) in [5.41, 5.74) is 4.13. The number of rotatable bonds is 13. The predicted octanol–water partition coefficient (Wildman–Crippen LogP) is 2.70. The van der Waals surface area contributed by atoms with Gasteiger partial charge in [-0.1, -0.05) is 36.1 Å². The molecule has 0 aromatic heterocycles. The largest absolute Gasteiger partial charge is 0.492 e. The monoisotopic (exact) mass is 621 g/mol. The number of halogens is 2. The number of aliphatic hydroxyl groups excluding tert-OH is 1. The van der Waals surface area contributed by atoms with Crippen molar-refractivity contribution < 1.29 is 42.9 Å². The van der Waals surface area contributed by atoms with Crippen molar-refractivity contribution in [2.45, 2.75) is 6.42 Å². The molecular weight excluding hydrogens is 592 g/mol. The molecule has 2 heterocycles. The number of hydrazine groups is 1. The van der Waals surface area contributed by atoms with E-state index in [9.17, 15) is 23.2 Å². The second kappa shape index (κ2) is 14.8. The molecule has 2 aromatic rings. The van der Waals surface area contributed by atoms with Gasteiger partial charge in [-0.2, -0.15) is 0 Å². The Morgan fingerprint density at radius 2 is 1.86 bits per heavy atom. The quantitative estimate of drug-likeness (QED) is 0.226. The van der Waals surface area contributed by atoms with Crippen LogP contribution in [0.4, 0.5) is 8.78 Å². The van der Waals surface area contributed by atoms with Crippen LogP contribution in [0.1, 0.15) is 12.0 Å². The summed E-state index contributed by atoms with van der Waals surface area (Å²) < 4.78 is 39.0. The van der Waals surface area contributed by atoms with Crippen LogP contribution >= 0.6 is 24.0 Å². The highest BCUT2D eigenvalue weighted by Crippen LogP contribution is 2.35. The summed E-state index contributed by atoms with van der Waals surface area (Å²) in [7, 11) is 0. The SMILES string of the molecule is O=C(CNN1C(=O)C(=Cc2cc(-c3ccc(F)c(F)c3)ccc2OCCN2CCOCC2)SC1=S)C[C@@H](CO)C(=O)O. The normalized spacial score (nSPS) is 17.6. The van der Waals surface area contributed by atoms with Crippen molar-refractivity contribution in [3.8, 4) is 16.9 Å². The van der Waals surface area contributed by atoms with Gasteiger partial charge in [-0.15, -0.1) is 0 Å². The predicted molar refractivity (Wildman–Crippen MR) is 155 cm³/mol. The van der Waals surface area contributed by atoms with Gasteiger partial charge in [0.1, 0.15) is 18.1 Å². The maximum atomic E-state index is 13.9. The molecule has 0 bridgehead atoms. The number of hydrogen-bond acceptors (Lipinski definition) is 10. The lowest BCUT2D eigenvalue weighted by Gasteiger charge is -2.26. The first-order valence-corrected chi connectivity index (χ1v) is 14.3. The molecular formula is C28H29F2N3O7S2. The maximum Gasteiger partial charge on any atom is 0.309 e. The molecule has 0 radical (unpaired) electrons. The molecule has 3 N–H and O–H groups in total. The lowest BCUT2D eigenvalue weighted by molar-refractivity contribution is -0.145. The molecule has 0 saturated carbocycles. The summed E-state index contributed by atoms with van der Waals surface area (Å²) in [4.78, 5) is 38.9. The summed E-state index contributed by atoms with van der Waals surface area (Å²) in [5.74, 6) is -5.09. The Morgan fingerprint density at radius 3 is 2.55 bits per heavy atom.